The maximum absolute atomic E-state index is 13.2. The Hall–Kier alpha value is -1.85. The first-order valence-electron chi connectivity index (χ1n) is 5.78. The van der Waals surface area contributed by atoms with E-state index in [0.717, 1.165) is 10.6 Å². The van der Waals surface area contributed by atoms with Crippen molar-refractivity contribution in [3.63, 3.8) is 0 Å². The van der Waals surface area contributed by atoms with Gasteiger partial charge in [0.2, 0.25) is 0 Å². The van der Waals surface area contributed by atoms with Crippen LogP contribution >= 0.6 is 7.14 Å². The quantitative estimate of drug-likeness (QED) is 0.600. The molecule has 0 spiro atoms. The van der Waals surface area contributed by atoms with Crippen molar-refractivity contribution in [1.29, 1.82) is 0 Å². The number of benzene rings is 2. The Morgan fingerprint density at radius 3 is 1.67 bits per heavy atom. The predicted octanol–water partition coefficient (Wildman–Crippen LogP) is 3.70. The van der Waals surface area contributed by atoms with E-state index < -0.39 is 7.14 Å². The number of hydrogen-bond donors (Lipinski definition) is 0. The second-order valence-corrected chi connectivity index (χ2v) is 6.55. The maximum Gasteiger partial charge on any atom is 0.164 e. The molecule has 0 atom stereocenters. The SMILES string of the molecule is C=C/C=C/P(=O)(c1ccccc1)c1ccccc1. The molecule has 0 amide bonds. The highest BCUT2D eigenvalue weighted by atomic mass is 31.2. The second-order valence-electron chi connectivity index (χ2n) is 3.91. The Balaban J connectivity index is 2.59. The van der Waals surface area contributed by atoms with Gasteiger partial charge in [0.05, 0.1) is 0 Å². The van der Waals surface area contributed by atoms with E-state index in [4.69, 9.17) is 0 Å². The molecule has 0 radical (unpaired) electrons. The summed E-state index contributed by atoms with van der Waals surface area (Å²) >= 11 is 0. The Bertz CT molecular complexity index is 542. The van der Waals surface area contributed by atoms with E-state index in [-0.39, 0.29) is 0 Å². The van der Waals surface area contributed by atoms with E-state index in [1.165, 1.54) is 0 Å². The van der Waals surface area contributed by atoms with Crippen LogP contribution in [0.5, 0.6) is 0 Å². The van der Waals surface area contributed by atoms with Crippen LogP contribution in [0.2, 0.25) is 0 Å². The third-order valence-corrected chi connectivity index (χ3v) is 5.43. The smallest absolute Gasteiger partial charge is 0.164 e. The molecule has 0 saturated heterocycles. The van der Waals surface area contributed by atoms with Gasteiger partial charge in [-0.25, -0.2) is 0 Å². The van der Waals surface area contributed by atoms with Crippen LogP contribution in [0.4, 0.5) is 0 Å². The summed E-state index contributed by atoms with van der Waals surface area (Å²) in [5.41, 5.74) is 0. The van der Waals surface area contributed by atoms with Crippen LogP contribution in [-0.4, -0.2) is 0 Å². The second kappa shape index (κ2) is 5.66. The van der Waals surface area contributed by atoms with E-state index >= 15 is 0 Å². The molecule has 0 N–H and O–H groups in total. The monoisotopic (exact) mass is 254 g/mol. The van der Waals surface area contributed by atoms with Crippen molar-refractivity contribution in [1.82, 2.24) is 0 Å². The molecule has 18 heavy (non-hydrogen) atoms. The molecule has 0 unspecified atom stereocenters. The zero-order valence-corrected chi connectivity index (χ0v) is 11.0. The lowest BCUT2D eigenvalue weighted by molar-refractivity contribution is 0.592. The first kappa shape index (κ1) is 12.6. The number of hydrogen-bond acceptors (Lipinski definition) is 1. The molecule has 0 fully saturated rings. The fourth-order valence-electron chi connectivity index (χ4n) is 1.80. The Labute approximate surface area is 108 Å². The Morgan fingerprint density at radius 1 is 0.833 bits per heavy atom. The lowest BCUT2D eigenvalue weighted by Crippen LogP contribution is -2.13. The molecule has 2 aromatic rings. The molecule has 0 aliphatic carbocycles. The van der Waals surface area contributed by atoms with Gasteiger partial charge in [0.15, 0.2) is 7.14 Å². The minimum absolute atomic E-state index is 0.842. The van der Waals surface area contributed by atoms with Gasteiger partial charge in [-0.2, -0.15) is 0 Å². The molecule has 2 rings (SSSR count). The summed E-state index contributed by atoms with van der Waals surface area (Å²) in [5.74, 6) is 1.75. The minimum atomic E-state index is -2.69. The van der Waals surface area contributed by atoms with Gasteiger partial charge in [0.25, 0.3) is 0 Å². The van der Waals surface area contributed by atoms with Gasteiger partial charge in [0, 0.05) is 10.6 Å². The largest absolute Gasteiger partial charge is 0.309 e. The van der Waals surface area contributed by atoms with Gasteiger partial charge < -0.3 is 4.57 Å². The van der Waals surface area contributed by atoms with Crippen molar-refractivity contribution in [3.05, 3.63) is 85.2 Å². The summed E-state index contributed by atoms with van der Waals surface area (Å²) < 4.78 is 13.2. The van der Waals surface area contributed by atoms with Crippen molar-refractivity contribution in [2.45, 2.75) is 0 Å². The zero-order chi connectivity index (χ0) is 12.8. The van der Waals surface area contributed by atoms with Crippen LogP contribution in [0.25, 0.3) is 0 Å². The summed E-state index contributed by atoms with van der Waals surface area (Å²) in [7, 11) is -2.69. The fourth-order valence-corrected chi connectivity index (χ4v) is 4.04. The fraction of sp³-hybridized carbons (Fsp3) is 0. The minimum Gasteiger partial charge on any atom is -0.309 e. The van der Waals surface area contributed by atoms with Crippen LogP contribution in [0.1, 0.15) is 0 Å². The van der Waals surface area contributed by atoms with Crippen LogP contribution in [0.15, 0.2) is 85.2 Å². The zero-order valence-electron chi connectivity index (χ0n) is 10.1. The first-order chi connectivity index (χ1) is 8.77. The number of rotatable bonds is 4. The third-order valence-electron chi connectivity index (χ3n) is 2.71. The molecule has 0 aliphatic rings. The van der Waals surface area contributed by atoms with Crippen molar-refractivity contribution in [2.24, 2.45) is 0 Å². The molecule has 0 aromatic heterocycles. The van der Waals surface area contributed by atoms with Crippen molar-refractivity contribution >= 4 is 17.8 Å². The van der Waals surface area contributed by atoms with E-state index in [1.54, 1.807) is 18.0 Å². The highest BCUT2D eigenvalue weighted by molar-refractivity contribution is 7.81. The highest BCUT2D eigenvalue weighted by Crippen LogP contribution is 2.44. The molecule has 0 aliphatic heterocycles. The summed E-state index contributed by atoms with van der Waals surface area (Å²) in [6.45, 7) is 3.64. The van der Waals surface area contributed by atoms with E-state index in [2.05, 4.69) is 6.58 Å². The van der Waals surface area contributed by atoms with Crippen molar-refractivity contribution < 1.29 is 4.57 Å². The predicted molar refractivity (Wildman–Crippen MR) is 79.1 cm³/mol. The Kier molecular flexibility index (Phi) is 3.96. The summed E-state index contributed by atoms with van der Waals surface area (Å²) in [5, 5.41) is 1.68. The molecule has 2 heteroatoms. The lowest BCUT2D eigenvalue weighted by Gasteiger charge is -2.14. The van der Waals surface area contributed by atoms with Gasteiger partial charge in [-0.05, 0) is 5.82 Å². The van der Waals surface area contributed by atoms with Crippen LogP contribution in [0.3, 0.4) is 0 Å². The van der Waals surface area contributed by atoms with Gasteiger partial charge in [0.1, 0.15) is 0 Å². The van der Waals surface area contributed by atoms with Gasteiger partial charge >= 0.3 is 0 Å². The molecular formula is C16H15OP. The van der Waals surface area contributed by atoms with E-state index in [0.29, 0.717) is 0 Å². The summed E-state index contributed by atoms with van der Waals surface area (Å²) in [4.78, 5) is 0. The number of allylic oxidation sites excluding steroid dienone is 2. The molecule has 90 valence electrons. The first-order valence-corrected chi connectivity index (χ1v) is 7.56. The maximum atomic E-state index is 13.2. The average molecular weight is 254 g/mol. The lowest BCUT2D eigenvalue weighted by atomic mass is 10.4. The average Bonchev–Trinajstić information content (AvgIpc) is 2.46. The van der Waals surface area contributed by atoms with Crippen LogP contribution in [0, 0.1) is 0 Å². The molecule has 0 heterocycles. The van der Waals surface area contributed by atoms with Crippen LogP contribution < -0.4 is 10.6 Å². The molecule has 2 aromatic carbocycles. The topological polar surface area (TPSA) is 17.1 Å². The summed E-state index contributed by atoms with van der Waals surface area (Å²) in [6, 6.07) is 19.1. The van der Waals surface area contributed by atoms with E-state index in [1.807, 2.05) is 60.7 Å². The molecule has 1 nitrogen and oxygen atoms in total. The van der Waals surface area contributed by atoms with Crippen molar-refractivity contribution in [3.8, 4) is 0 Å². The highest BCUT2D eigenvalue weighted by Gasteiger charge is 2.23. The van der Waals surface area contributed by atoms with Gasteiger partial charge in [-0.1, -0.05) is 79.4 Å². The van der Waals surface area contributed by atoms with Gasteiger partial charge in [-0.3, -0.25) is 0 Å². The van der Waals surface area contributed by atoms with E-state index in [9.17, 15) is 4.57 Å². The van der Waals surface area contributed by atoms with Crippen molar-refractivity contribution in [2.75, 3.05) is 0 Å². The summed E-state index contributed by atoms with van der Waals surface area (Å²) in [6.07, 6.45) is 3.40. The van der Waals surface area contributed by atoms with Crippen LogP contribution in [-0.2, 0) is 4.57 Å². The standard InChI is InChI=1S/C16H15OP/c1-2-3-14-18(17,15-10-6-4-7-11-15)16-12-8-5-9-13-16/h2-14H,1H2/b14-3+. The molecule has 0 saturated carbocycles. The third kappa shape index (κ3) is 2.52. The Morgan fingerprint density at radius 2 is 1.28 bits per heavy atom. The molecular weight excluding hydrogens is 239 g/mol. The normalized spacial score (nSPS) is 11.6. The van der Waals surface area contributed by atoms with Gasteiger partial charge in [-0.15, -0.1) is 0 Å². The molecule has 0 bridgehead atoms.